The minimum absolute atomic E-state index is 0.0687. The Morgan fingerprint density at radius 2 is 2.15 bits per heavy atom. The van der Waals surface area contributed by atoms with Gasteiger partial charge in [0.2, 0.25) is 5.91 Å². The van der Waals surface area contributed by atoms with Crippen molar-refractivity contribution >= 4 is 49.4 Å². The van der Waals surface area contributed by atoms with Crippen molar-refractivity contribution in [3.8, 4) is 0 Å². The Bertz CT molecular complexity index is 1330. The molecule has 0 spiro atoms. The van der Waals surface area contributed by atoms with Crippen molar-refractivity contribution in [3.63, 3.8) is 0 Å². The summed E-state index contributed by atoms with van der Waals surface area (Å²) in [5, 5.41) is 4.80. The van der Waals surface area contributed by atoms with Gasteiger partial charge in [-0.15, -0.1) is 11.3 Å². The molecule has 5 rings (SSSR count). The zero-order valence-corrected chi connectivity index (χ0v) is 20.7. The van der Waals surface area contributed by atoms with E-state index in [1.165, 1.54) is 22.9 Å². The third kappa shape index (κ3) is 4.37. The van der Waals surface area contributed by atoms with Gasteiger partial charge < -0.3 is 14.5 Å². The highest BCUT2D eigenvalue weighted by molar-refractivity contribution is 8.00. The number of fused-ring (bicyclic) bond motifs is 5. The van der Waals surface area contributed by atoms with E-state index < -0.39 is 0 Å². The molecule has 9 heteroatoms. The first-order valence-electron chi connectivity index (χ1n) is 11.0. The van der Waals surface area contributed by atoms with Crippen LogP contribution in [-0.4, -0.2) is 32.2 Å². The summed E-state index contributed by atoms with van der Waals surface area (Å²) in [5.41, 5.74) is 4.26. The summed E-state index contributed by atoms with van der Waals surface area (Å²) in [6.07, 6.45) is 4.00. The molecule has 0 unspecified atom stereocenters. The fourth-order valence-corrected chi connectivity index (χ4v) is 6.25. The number of nitrogens with one attached hydrogen (secondary N) is 1. The minimum Gasteiger partial charge on any atom is -0.467 e. The number of nitrogens with zero attached hydrogens (tertiary/aromatic N) is 3. The number of hydrogen-bond acceptors (Lipinski definition) is 8. The summed E-state index contributed by atoms with van der Waals surface area (Å²) in [6.45, 7) is 9.54. The number of pyridine rings is 1. The van der Waals surface area contributed by atoms with Crippen molar-refractivity contribution in [2.24, 2.45) is 0 Å². The van der Waals surface area contributed by atoms with E-state index >= 15 is 0 Å². The second kappa shape index (κ2) is 8.70. The van der Waals surface area contributed by atoms with Crippen LogP contribution in [0.5, 0.6) is 0 Å². The van der Waals surface area contributed by atoms with E-state index in [0.717, 1.165) is 43.3 Å². The molecule has 7 nitrogen and oxygen atoms in total. The zero-order valence-electron chi connectivity index (χ0n) is 19.1. The van der Waals surface area contributed by atoms with Gasteiger partial charge in [-0.25, -0.2) is 15.0 Å². The average molecular weight is 483 g/mol. The molecule has 0 aromatic carbocycles. The van der Waals surface area contributed by atoms with Crippen molar-refractivity contribution in [1.82, 2.24) is 20.3 Å². The molecule has 1 aliphatic rings. The quantitative estimate of drug-likeness (QED) is 0.298. The van der Waals surface area contributed by atoms with E-state index in [0.29, 0.717) is 19.1 Å². The van der Waals surface area contributed by atoms with Crippen LogP contribution in [0, 0.1) is 0 Å². The number of amides is 1. The molecule has 0 radical (unpaired) electrons. The molecule has 0 atom stereocenters. The third-order valence-corrected chi connectivity index (χ3v) is 7.95. The molecule has 5 heterocycles. The molecule has 0 saturated heterocycles. The van der Waals surface area contributed by atoms with Crippen LogP contribution in [0.4, 0.5) is 0 Å². The van der Waals surface area contributed by atoms with E-state index in [9.17, 15) is 4.79 Å². The highest BCUT2D eigenvalue weighted by atomic mass is 32.2. The Kier molecular flexibility index (Phi) is 5.88. The molecule has 0 fully saturated rings. The number of thioether (sulfide) groups is 1. The van der Waals surface area contributed by atoms with Crippen LogP contribution in [0.1, 0.15) is 56.2 Å². The van der Waals surface area contributed by atoms with Gasteiger partial charge in [0, 0.05) is 17.4 Å². The summed E-state index contributed by atoms with van der Waals surface area (Å²) < 4.78 is 12.4. The molecule has 33 heavy (non-hydrogen) atoms. The smallest absolute Gasteiger partial charge is 0.230 e. The van der Waals surface area contributed by atoms with Gasteiger partial charge in [-0.2, -0.15) is 0 Å². The fourth-order valence-electron chi connectivity index (χ4n) is 4.17. The van der Waals surface area contributed by atoms with Gasteiger partial charge >= 0.3 is 0 Å². The molecule has 172 valence electrons. The maximum Gasteiger partial charge on any atom is 0.230 e. The molecule has 1 N–H and O–H groups in total. The van der Waals surface area contributed by atoms with Crippen LogP contribution in [0.25, 0.3) is 20.4 Å². The highest BCUT2D eigenvalue weighted by Gasteiger charge is 2.32. The first-order chi connectivity index (χ1) is 15.8. The van der Waals surface area contributed by atoms with Crippen LogP contribution < -0.4 is 5.32 Å². The molecule has 0 saturated carbocycles. The maximum absolute atomic E-state index is 12.4. The number of carbonyl (C=O) groups is 1. The van der Waals surface area contributed by atoms with Crippen LogP contribution in [0.2, 0.25) is 0 Å². The molecule has 0 bridgehead atoms. The number of carbonyl (C=O) groups excluding carboxylic acids is 1. The number of hydrogen-bond donors (Lipinski definition) is 1. The maximum atomic E-state index is 12.4. The molecular weight excluding hydrogens is 456 g/mol. The highest BCUT2D eigenvalue weighted by Crippen LogP contribution is 2.43. The average Bonchev–Trinajstić information content (AvgIpc) is 3.42. The number of thiophene rings is 1. The molecule has 0 aliphatic carbocycles. The Hall–Kier alpha value is -2.49. The first-order valence-corrected chi connectivity index (χ1v) is 12.8. The first kappa shape index (κ1) is 22.3. The van der Waals surface area contributed by atoms with Crippen molar-refractivity contribution in [2.75, 3.05) is 5.75 Å². The van der Waals surface area contributed by atoms with E-state index in [-0.39, 0.29) is 17.3 Å². The van der Waals surface area contributed by atoms with Crippen LogP contribution in [-0.2, 0) is 29.1 Å². The zero-order chi connectivity index (χ0) is 23.2. The van der Waals surface area contributed by atoms with Gasteiger partial charge in [-0.05, 0) is 37.5 Å². The summed E-state index contributed by atoms with van der Waals surface area (Å²) >= 11 is 3.03. The third-order valence-electron chi connectivity index (χ3n) is 5.75. The molecular formula is C24H26N4O3S2. The van der Waals surface area contributed by atoms with Crippen molar-refractivity contribution in [3.05, 3.63) is 47.3 Å². The normalized spacial score (nSPS) is 15.3. The molecule has 1 aliphatic heterocycles. The van der Waals surface area contributed by atoms with Gasteiger partial charge in [-0.1, -0.05) is 25.6 Å². The lowest BCUT2D eigenvalue weighted by atomic mass is 9.87. The van der Waals surface area contributed by atoms with Crippen molar-refractivity contribution in [2.45, 2.75) is 63.8 Å². The van der Waals surface area contributed by atoms with Gasteiger partial charge in [0.25, 0.3) is 0 Å². The lowest BCUT2D eigenvalue weighted by Crippen LogP contribution is -2.32. The van der Waals surface area contributed by atoms with Crippen molar-refractivity contribution in [1.29, 1.82) is 0 Å². The SMILES string of the molecule is CC(C)c1nc2sc3c(SCC(=O)NCc4ccco4)ncnc3c2c2c1COC(C)(C)C2. The second-order valence-corrected chi connectivity index (χ2v) is 11.1. The second-order valence-electron chi connectivity index (χ2n) is 9.12. The standard InChI is InChI=1S/C24H26N4O3S2/c1-13(2)19-16-10-31-24(3,4)8-15(16)18-20-21(33-22(18)28-19)23(27-12-26-20)32-11-17(29)25-9-14-6-5-7-30-14/h5-7,12-13H,8-11H2,1-4H3,(H,25,29). The summed E-state index contributed by atoms with van der Waals surface area (Å²) in [4.78, 5) is 27.5. The lowest BCUT2D eigenvalue weighted by molar-refractivity contribution is -0.118. The Morgan fingerprint density at radius 1 is 1.30 bits per heavy atom. The van der Waals surface area contributed by atoms with E-state index in [4.69, 9.17) is 14.1 Å². The number of furan rings is 1. The van der Waals surface area contributed by atoms with Crippen LogP contribution in [0.3, 0.4) is 0 Å². The minimum atomic E-state index is -0.236. The van der Waals surface area contributed by atoms with Gasteiger partial charge in [0.1, 0.15) is 21.9 Å². The largest absolute Gasteiger partial charge is 0.467 e. The molecule has 4 aromatic rings. The molecule has 4 aromatic heterocycles. The monoisotopic (exact) mass is 482 g/mol. The lowest BCUT2D eigenvalue weighted by Gasteiger charge is -2.33. The summed E-state index contributed by atoms with van der Waals surface area (Å²) in [6, 6.07) is 3.64. The Morgan fingerprint density at radius 3 is 2.91 bits per heavy atom. The predicted molar refractivity (Wildman–Crippen MR) is 131 cm³/mol. The molecule has 1 amide bonds. The Labute approximate surface area is 200 Å². The summed E-state index contributed by atoms with van der Waals surface area (Å²) in [7, 11) is 0. The number of rotatable bonds is 6. The van der Waals surface area contributed by atoms with Gasteiger partial charge in [-0.3, -0.25) is 4.79 Å². The van der Waals surface area contributed by atoms with Gasteiger partial charge in [0.05, 0.1) is 46.7 Å². The van der Waals surface area contributed by atoms with Crippen LogP contribution in [0.15, 0.2) is 34.2 Å². The van der Waals surface area contributed by atoms with E-state index in [1.54, 1.807) is 30.0 Å². The van der Waals surface area contributed by atoms with E-state index in [1.807, 2.05) is 6.07 Å². The number of ether oxygens (including phenoxy) is 1. The van der Waals surface area contributed by atoms with E-state index in [2.05, 4.69) is 43.0 Å². The van der Waals surface area contributed by atoms with Gasteiger partial charge in [0.15, 0.2) is 0 Å². The Balaban J connectivity index is 1.49. The van der Waals surface area contributed by atoms with Crippen molar-refractivity contribution < 1.29 is 13.9 Å². The summed E-state index contributed by atoms with van der Waals surface area (Å²) in [5.74, 6) is 1.23. The fraction of sp³-hybridized carbons (Fsp3) is 0.417. The topological polar surface area (TPSA) is 90.1 Å². The predicted octanol–water partition coefficient (Wildman–Crippen LogP) is 5.22. The number of aromatic nitrogens is 3. The van der Waals surface area contributed by atoms with Crippen LogP contribution >= 0.6 is 23.1 Å².